The Bertz CT molecular complexity index is 1060. The number of ether oxygens (including phenoxy) is 2. The molecule has 1 N–H and O–H groups in total. The average molecular weight is 377 g/mol. The van der Waals surface area contributed by atoms with Crippen molar-refractivity contribution in [2.45, 2.75) is 12.5 Å². The van der Waals surface area contributed by atoms with E-state index in [1.807, 2.05) is 42.5 Å². The fourth-order valence-corrected chi connectivity index (χ4v) is 3.22. The van der Waals surface area contributed by atoms with Crippen molar-refractivity contribution in [2.24, 2.45) is 5.16 Å². The van der Waals surface area contributed by atoms with Crippen LogP contribution >= 0.6 is 0 Å². The van der Waals surface area contributed by atoms with Gasteiger partial charge in [-0.15, -0.1) is 0 Å². The molecule has 0 spiro atoms. The number of methoxy groups -OCH3 is 2. The molecule has 7 nitrogen and oxygen atoms in total. The highest BCUT2D eigenvalue weighted by Crippen LogP contribution is 2.33. The summed E-state index contributed by atoms with van der Waals surface area (Å²) in [6.07, 6.45) is 1.33. The van der Waals surface area contributed by atoms with Gasteiger partial charge in [0.05, 0.1) is 31.1 Å². The number of anilines is 1. The molecule has 0 fully saturated rings. The summed E-state index contributed by atoms with van der Waals surface area (Å²) in [5.74, 6) is 0.893. The van der Waals surface area contributed by atoms with Gasteiger partial charge in [0.1, 0.15) is 0 Å². The second kappa shape index (κ2) is 7.56. The molecule has 0 bridgehead atoms. The van der Waals surface area contributed by atoms with Gasteiger partial charge in [-0.25, -0.2) is 0 Å². The van der Waals surface area contributed by atoms with Crippen LogP contribution in [0.2, 0.25) is 0 Å². The summed E-state index contributed by atoms with van der Waals surface area (Å²) in [6, 6.07) is 14.8. The van der Waals surface area contributed by atoms with E-state index in [4.69, 9.17) is 14.3 Å². The molecule has 0 unspecified atom stereocenters. The summed E-state index contributed by atoms with van der Waals surface area (Å²) >= 11 is 0. The maximum atomic E-state index is 12.7. The molecule has 2 aromatic carbocycles. The Morgan fingerprint density at radius 2 is 1.96 bits per heavy atom. The van der Waals surface area contributed by atoms with Crippen molar-refractivity contribution in [1.29, 1.82) is 0 Å². The number of pyridine rings is 1. The number of amides is 1. The molecule has 1 aliphatic heterocycles. The summed E-state index contributed by atoms with van der Waals surface area (Å²) < 4.78 is 10.8. The van der Waals surface area contributed by atoms with Crippen molar-refractivity contribution in [3.8, 4) is 11.5 Å². The summed E-state index contributed by atoms with van der Waals surface area (Å²) in [7, 11) is 3.14. The van der Waals surface area contributed by atoms with E-state index in [-0.39, 0.29) is 5.91 Å². The molecule has 0 saturated heterocycles. The van der Waals surface area contributed by atoms with Crippen LogP contribution in [-0.4, -0.2) is 36.9 Å². The predicted octanol–water partition coefficient (Wildman–Crippen LogP) is 3.38. The van der Waals surface area contributed by atoms with E-state index in [0.717, 1.165) is 16.5 Å². The Kier molecular flexibility index (Phi) is 4.80. The highest BCUT2D eigenvalue weighted by molar-refractivity contribution is 6.09. The average Bonchev–Trinajstić information content (AvgIpc) is 3.23. The second-order valence-electron chi connectivity index (χ2n) is 6.24. The number of carbonyl (C=O) groups is 1. The van der Waals surface area contributed by atoms with Crippen molar-refractivity contribution in [1.82, 2.24) is 4.98 Å². The van der Waals surface area contributed by atoms with Gasteiger partial charge in [0.2, 0.25) is 6.10 Å². The zero-order valence-electron chi connectivity index (χ0n) is 15.5. The van der Waals surface area contributed by atoms with Gasteiger partial charge in [0.15, 0.2) is 11.5 Å². The quantitative estimate of drug-likeness (QED) is 0.737. The molecule has 142 valence electrons. The van der Waals surface area contributed by atoms with Crippen molar-refractivity contribution >= 4 is 28.2 Å². The van der Waals surface area contributed by atoms with Crippen LogP contribution in [0.3, 0.4) is 0 Å². The van der Waals surface area contributed by atoms with Crippen LogP contribution in [0.15, 0.2) is 59.9 Å². The molecule has 0 saturated carbocycles. The maximum Gasteiger partial charge on any atom is 0.268 e. The maximum absolute atomic E-state index is 12.7. The highest BCUT2D eigenvalue weighted by atomic mass is 16.6. The first kappa shape index (κ1) is 17.8. The zero-order valence-corrected chi connectivity index (χ0v) is 15.5. The predicted molar refractivity (Wildman–Crippen MR) is 106 cm³/mol. The van der Waals surface area contributed by atoms with Gasteiger partial charge in [0.25, 0.3) is 5.91 Å². The van der Waals surface area contributed by atoms with Crippen LogP contribution in [0.4, 0.5) is 5.69 Å². The van der Waals surface area contributed by atoms with Gasteiger partial charge in [0, 0.05) is 23.6 Å². The minimum absolute atomic E-state index is 0.267. The number of para-hydroxylation sites is 1. The van der Waals surface area contributed by atoms with Crippen LogP contribution in [0, 0.1) is 0 Å². The number of oxime groups is 1. The molecule has 1 amide bonds. The van der Waals surface area contributed by atoms with Crippen LogP contribution in [0.5, 0.6) is 11.5 Å². The van der Waals surface area contributed by atoms with Crippen LogP contribution < -0.4 is 14.8 Å². The molecule has 1 atom stereocenters. The molecule has 0 radical (unpaired) electrons. The van der Waals surface area contributed by atoms with E-state index in [1.165, 1.54) is 0 Å². The lowest BCUT2D eigenvalue weighted by atomic mass is 10.0. The van der Waals surface area contributed by atoms with E-state index in [9.17, 15) is 4.79 Å². The van der Waals surface area contributed by atoms with Gasteiger partial charge >= 0.3 is 0 Å². The minimum Gasteiger partial charge on any atom is -0.493 e. The Hall–Kier alpha value is -3.61. The van der Waals surface area contributed by atoms with Crippen molar-refractivity contribution in [3.63, 3.8) is 0 Å². The first-order chi connectivity index (χ1) is 13.7. The molecule has 0 aliphatic carbocycles. The monoisotopic (exact) mass is 377 g/mol. The summed E-state index contributed by atoms with van der Waals surface area (Å²) in [6.45, 7) is 0. The van der Waals surface area contributed by atoms with Gasteiger partial charge in [-0.05, 0) is 36.4 Å². The normalized spacial score (nSPS) is 15.6. The van der Waals surface area contributed by atoms with Crippen molar-refractivity contribution in [2.75, 3.05) is 19.5 Å². The lowest BCUT2D eigenvalue weighted by Gasteiger charge is -2.12. The fraction of sp³-hybridized carbons (Fsp3) is 0.190. The Labute approximate surface area is 161 Å². The zero-order chi connectivity index (χ0) is 19.5. The first-order valence-electron chi connectivity index (χ1n) is 8.80. The number of aromatic nitrogens is 1. The molecule has 28 heavy (non-hydrogen) atoms. The highest BCUT2D eigenvalue weighted by Gasteiger charge is 2.31. The summed E-state index contributed by atoms with van der Waals surface area (Å²) in [5, 5.41) is 7.89. The van der Waals surface area contributed by atoms with E-state index in [2.05, 4.69) is 15.5 Å². The number of nitrogens with one attached hydrogen (secondary N) is 1. The molecular weight excluding hydrogens is 358 g/mol. The smallest absolute Gasteiger partial charge is 0.268 e. The fourth-order valence-electron chi connectivity index (χ4n) is 3.22. The largest absolute Gasteiger partial charge is 0.493 e. The SMILES string of the molecule is COc1cccc(C2=NO[C@H](C(=O)Nc3cccc4ncccc34)C2)c1OC. The number of hydrogen-bond donors (Lipinski definition) is 1. The molecule has 4 rings (SSSR count). The third kappa shape index (κ3) is 3.22. The lowest BCUT2D eigenvalue weighted by Crippen LogP contribution is -2.28. The number of carbonyl (C=O) groups excluding carboxylic acids is 1. The van der Waals surface area contributed by atoms with Gasteiger partial charge in [-0.3, -0.25) is 9.78 Å². The first-order valence-corrected chi connectivity index (χ1v) is 8.80. The van der Waals surface area contributed by atoms with Crippen LogP contribution in [0.1, 0.15) is 12.0 Å². The molecular formula is C21H19N3O4. The molecule has 2 heterocycles. The van der Waals surface area contributed by atoms with Crippen LogP contribution in [0.25, 0.3) is 10.9 Å². The topological polar surface area (TPSA) is 82.0 Å². The molecule has 7 heteroatoms. The number of fused-ring (bicyclic) bond motifs is 1. The number of hydrogen-bond acceptors (Lipinski definition) is 6. The Morgan fingerprint density at radius 3 is 2.79 bits per heavy atom. The van der Waals surface area contributed by atoms with Crippen molar-refractivity contribution in [3.05, 3.63) is 60.3 Å². The van der Waals surface area contributed by atoms with Crippen molar-refractivity contribution < 1.29 is 19.1 Å². The minimum atomic E-state index is -0.724. The van der Waals surface area contributed by atoms with Gasteiger partial charge in [-0.1, -0.05) is 17.3 Å². The Balaban J connectivity index is 1.52. The third-order valence-electron chi connectivity index (χ3n) is 4.58. The standard InChI is InChI=1S/C21H19N3O4/c1-26-18-10-3-6-14(20(18)27-2)17-12-19(28-24-17)21(25)23-16-9-4-8-15-13(16)7-5-11-22-15/h3-11,19H,12H2,1-2H3,(H,23,25)/t19-/m0/s1. The molecule has 1 aliphatic rings. The van der Waals surface area contributed by atoms with E-state index in [1.54, 1.807) is 26.5 Å². The molecule has 1 aromatic heterocycles. The molecule has 3 aromatic rings. The number of nitrogens with zero attached hydrogens (tertiary/aromatic N) is 2. The lowest BCUT2D eigenvalue weighted by molar-refractivity contribution is -0.125. The van der Waals surface area contributed by atoms with Gasteiger partial charge < -0.3 is 19.6 Å². The number of rotatable bonds is 5. The summed E-state index contributed by atoms with van der Waals surface area (Å²) in [4.78, 5) is 22.4. The summed E-state index contributed by atoms with van der Waals surface area (Å²) in [5.41, 5.74) is 2.87. The van der Waals surface area contributed by atoms with Gasteiger partial charge in [-0.2, -0.15) is 0 Å². The second-order valence-corrected chi connectivity index (χ2v) is 6.24. The van der Waals surface area contributed by atoms with E-state index >= 15 is 0 Å². The van der Waals surface area contributed by atoms with E-state index < -0.39 is 6.10 Å². The van der Waals surface area contributed by atoms with E-state index in [0.29, 0.717) is 29.3 Å². The number of benzene rings is 2. The third-order valence-corrected chi connectivity index (χ3v) is 4.58. The van der Waals surface area contributed by atoms with Crippen LogP contribution in [-0.2, 0) is 9.63 Å². The Morgan fingerprint density at radius 1 is 1.11 bits per heavy atom.